The zero-order chi connectivity index (χ0) is 19.9. The largest absolute Gasteiger partial charge is 0.325 e. The van der Waals surface area contributed by atoms with Crippen LogP contribution in [0.2, 0.25) is 0 Å². The Morgan fingerprint density at radius 3 is 2.15 bits per heavy atom. The third kappa shape index (κ3) is 8.25. The summed E-state index contributed by atoms with van der Waals surface area (Å²) < 4.78 is 22.3. The molecule has 0 heterocycles. The second-order valence-electron chi connectivity index (χ2n) is 5.96. The zero-order valence-corrected chi connectivity index (χ0v) is 16.4. The number of amides is 2. The summed E-state index contributed by atoms with van der Waals surface area (Å²) >= 11 is 1.19. The molecule has 0 aliphatic heterocycles. The molecule has 0 fully saturated rings. The molecule has 2 aromatic carbocycles. The number of carbonyl (C=O) groups excluding carboxylic acids is 2. The van der Waals surface area contributed by atoms with Crippen LogP contribution in [0.5, 0.6) is 0 Å². The molecule has 0 bridgehead atoms. The first kappa shape index (κ1) is 20.9. The number of anilines is 2. The molecule has 0 saturated heterocycles. The lowest BCUT2D eigenvalue weighted by atomic mass is 10.2. The standard InChI is InChI=1S/C18H21N3O4S2/c1-13-5-7-15(8-6-13)20-17(22)10-26-11-18(23)21-16-4-2-3-14(9-16)12-27(19,24)25/h2-9H,10-12H2,1H3,(H,20,22)(H,21,23)(H2,19,24,25). The second-order valence-corrected chi connectivity index (χ2v) is 8.56. The molecule has 7 nitrogen and oxygen atoms in total. The van der Waals surface area contributed by atoms with Crippen LogP contribution in [0.25, 0.3) is 0 Å². The quantitative estimate of drug-likeness (QED) is 0.619. The minimum absolute atomic E-state index is 0.0979. The molecule has 2 rings (SSSR count). The lowest BCUT2D eigenvalue weighted by Gasteiger charge is -2.08. The molecule has 2 amide bonds. The van der Waals surface area contributed by atoms with E-state index in [0.717, 1.165) is 5.56 Å². The average molecular weight is 408 g/mol. The summed E-state index contributed by atoms with van der Waals surface area (Å²) in [4.78, 5) is 23.9. The Balaban J connectivity index is 1.76. The van der Waals surface area contributed by atoms with Gasteiger partial charge in [-0.05, 0) is 36.8 Å². The van der Waals surface area contributed by atoms with Crippen LogP contribution < -0.4 is 15.8 Å². The summed E-state index contributed by atoms with van der Waals surface area (Å²) in [6.45, 7) is 1.96. The van der Waals surface area contributed by atoms with Crippen molar-refractivity contribution in [1.29, 1.82) is 0 Å². The minimum Gasteiger partial charge on any atom is -0.325 e. The van der Waals surface area contributed by atoms with Crippen molar-refractivity contribution in [3.63, 3.8) is 0 Å². The predicted molar refractivity (Wildman–Crippen MR) is 109 cm³/mol. The fraction of sp³-hybridized carbons (Fsp3) is 0.222. The van der Waals surface area contributed by atoms with E-state index >= 15 is 0 Å². The van der Waals surface area contributed by atoms with Crippen molar-refractivity contribution in [2.24, 2.45) is 5.14 Å². The van der Waals surface area contributed by atoms with Crippen LogP contribution in [0.3, 0.4) is 0 Å². The second kappa shape index (κ2) is 9.54. The highest BCUT2D eigenvalue weighted by atomic mass is 32.2. The Bertz CT molecular complexity index is 912. The molecule has 0 aromatic heterocycles. The van der Waals surface area contributed by atoms with E-state index in [2.05, 4.69) is 10.6 Å². The lowest BCUT2D eigenvalue weighted by Crippen LogP contribution is -2.18. The van der Waals surface area contributed by atoms with E-state index < -0.39 is 10.0 Å². The summed E-state index contributed by atoms with van der Waals surface area (Å²) in [7, 11) is -3.64. The van der Waals surface area contributed by atoms with Crippen molar-refractivity contribution >= 4 is 45.0 Å². The van der Waals surface area contributed by atoms with E-state index in [-0.39, 0.29) is 29.1 Å². The molecule has 0 saturated carbocycles. The van der Waals surface area contributed by atoms with Crippen LogP contribution in [0.1, 0.15) is 11.1 Å². The molecule has 0 spiro atoms. The highest BCUT2D eigenvalue weighted by Crippen LogP contribution is 2.14. The average Bonchev–Trinajstić information content (AvgIpc) is 2.55. The smallest absolute Gasteiger partial charge is 0.234 e. The van der Waals surface area contributed by atoms with Crippen molar-refractivity contribution in [3.05, 3.63) is 59.7 Å². The summed E-state index contributed by atoms with van der Waals surface area (Å²) in [6, 6.07) is 13.9. The van der Waals surface area contributed by atoms with Crippen LogP contribution in [0.15, 0.2) is 48.5 Å². The van der Waals surface area contributed by atoms with E-state index in [1.54, 1.807) is 24.3 Å². The van der Waals surface area contributed by atoms with Gasteiger partial charge in [-0.3, -0.25) is 9.59 Å². The number of thioether (sulfide) groups is 1. The normalized spacial score (nSPS) is 11.0. The number of rotatable bonds is 8. The molecule has 0 atom stereocenters. The maximum atomic E-state index is 12.0. The van der Waals surface area contributed by atoms with Gasteiger partial charge in [0.2, 0.25) is 21.8 Å². The van der Waals surface area contributed by atoms with Gasteiger partial charge in [0.25, 0.3) is 0 Å². The van der Waals surface area contributed by atoms with Gasteiger partial charge < -0.3 is 10.6 Å². The summed E-state index contributed by atoms with van der Waals surface area (Å²) in [5, 5.41) is 10.5. The first-order chi connectivity index (χ1) is 12.7. The monoisotopic (exact) mass is 407 g/mol. The molecule has 0 radical (unpaired) electrons. The summed E-state index contributed by atoms with van der Waals surface area (Å²) in [5.74, 6) is -0.527. The third-order valence-electron chi connectivity index (χ3n) is 3.38. The number of benzene rings is 2. The van der Waals surface area contributed by atoms with Crippen LogP contribution >= 0.6 is 11.8 Å². The van der Waals surface area contributed by atoms with Gasteiger partial charge in [0.05, 0.1) is 17.3 Å². The van der Waals surface area contributed by atoms with Gasteiger partial charge >= 0.3 is 0 Å². The summed E-state index contributed by atoms with van der Waals surface area (Å²) in [6.07, 6.45) is 0. The Kier molecular flexibility index (Phi) is 7.40. The van der Waals surface area contributed by atoms with Gasteiger partial charge in [-0.2, -0.15) is 0 Å². The Morgan fingerprint density at radius 1 is 0.963 bits per heavy atom. The van der Waals surface area contributed by atoms with Crippen LogP contribution in [-0.4, -0.2) is 31.7 Å². The predicted octanol–water partition coefficient (Wildman–Crippen LogP) is 2.09. The van der Waals surface area contributed by atoms with E-state index in [1.807, 2.05) is 31.2 Å². The van der Waals surface area contributed by atoms with Gasteiger partial charge in [-0.15, -0.1) is 11.8 Å². The maximum Gasteiger partial charge on any atom is 0.234 e. The Hall–Kier alpha value is -2.36. The van der Waals surface area contributed by atoms with Crippen molar-refractivity contribution in [2.75, 3.05) is 22.1 Å². The van der Waals surface area contributed by atoms with Crippen molar-refractivity contribution in [2.45, 2.75) is 12.7 Å². The molecule has 9 heteroatoms. The fourth-order valence-corrected chi connectivity index (χ4v) is 3.50. The maximum absolute atomic E-state index is 12.0. The minimum atomic E-state index is -3.64. The van der Waals surface area contributed by atoms with Gasteiger partial charge in [-0.25, -0.2) is 13.6 Å². The molecule has 27 heavy (non-hydrogen) atoms. The first-order valence-corrected chi connectivity index (χ1v) is 10.9. The number of nitrogens with one attached hydrogen (secondary N) is 2. The topological polar surface area (TPSA) is 118 Å². The number of sulfonamides is 1. The SMILES string of the molecule is Cc1ccc(NC(=O)CSCC(=O)Nc2cccc(CS(N)(=O)=O)c2)cc1. The fourth-order valence-electron chi connectivity index (χ4n) is 2.24. The molecular formula is C18H21N3O4S2. The van der Waals surface area contributed by atoms with Crippen molar-refractivity contribution in [3.8, 4) is 0 Å². The Morgan fingerprint density at radius 2 is 1.56 bits per heavy atom. The van der Waals surface area contributed by atoms with Crippen LogP contribution in [0.4, 0.5) is 11.4 Å². The molecular weight excluding hydrogens is 386 g/mol. The summed E-state index contributed by atoms with van der Waals surface area (Å²) in [5.41, 5.74) is 2.78. The van der Waals surface area contributed by atoms with Gasteiger partial charge in [0, 0.05) is 11.4 Å². The molecule has 0 aliphatic carbocycles. The zero-order valence-electron chi connectivity index (χ0n) is 14.8. The number of primary sulfonamides is 1. The van der Waals surface area contributed by atoms with E-state index in [9.17, 15) is 18.0 Å². The van der Waals surface area contributed by atoms with Gasteiger partial charge in [0.1, 0.15) is 0 Å². The van der Waals surface area contributed by atoms with E-state index in [1.165, 1.54) is 11.8 Å². The number of hydrogen-bond donors (Lipinski definition) is 3. The van der Waals surface area contributed by atoms with E-state index in [0.29, 0.717) is 16.9 Å². The Labute approximate surface area is 162 Å². The van der Waals surface area contributed by atoms with Gasteiger partial charge in [-0.1, -0.05) is 29.8 Å². The van der Waals surface area contributed by atoms with Crippen LogP contribution in [-0.2, 0) is 25.4 Å². The molecule has 2 aromatic rings. The molecule has 4 N–H and O–H groups in total. The van der Waals surface area contributed by atoms with Crippen molar-refractivity contribution in [1.82, 2.24) is 0 Å². The first-order valence-electron chi connectivity index (χ1n) is 8.05. The third-order valence-corrected chi connectivity index (χ3v) is 5.05. The lowest BCUT2D eigenvalue weighted by molar-refractivity contribution is -0.114. The highest BCUT2D eigenvalue weighted by molar-refractivity contribution is 8.00. The molecule has 0 aliphatic rings. The van der Waals surface area contributed by atoms with Crippen molar-refractivity contribution < 1.29 is 18.0 Å². The van der Waals surface area contributed by atoms with Gasteiger partial charge in [0.15, 0.2) is 0 Å². The highest BCUT2D eigenvalue weighted by Gasteiger charge is 2.09. The van der Waals surface area contributed by atoms with Crippen LogP contribution in [0, 0.1) is 6.92 Å². The molecule has 0 unspecified atom stereocenters. The van der Waals surface area contributed by atoms with E-state index in [4.69, 9.17) is 5.14 Å². The number of nitrogens with two attached hydrogens (primary N) is 1. The number of hydrogen-bond acceptors (Lipinski definition) is 5. The number of aryl methyl sites for hydroxylation is 1. The number of carbonyl (C=O) groups is 2. The molecule has 144 valence electrons.